The zero-order valence-electron chi connectivity index (χ0n) is 12.0. The topological polar surface area (TPSA) is 12.0 Å². The molecule has 4 heteroatoms. The van der Waals surface area contributed by atoms with Crippen molar-refractivity contribution >= 4 is 27.7 Å². The van der Waals surface area contributed by atoms with Crippen LogP contribution in [0.4, 0.5) is 4.39 Å². The first kappa shape index (κ1) is 16.5. The van der Waals surface area contributed by atoms with Crippen LogP contribution in [-0.2, 0) is 0 Å². The van der Waals surface area contributed by atoms with Gasteiger partial charge in [-0.25, -0.2) is 4.39 Å². The van der Waals surface area contributed by atoms with E-state index in [1.807, 2.05) is 23.9 Å². The maximum atomic E-state index is 13.1. The molecular weight excluding hydrogens is 349 g/mol. The molecule has 0 spiro atoms. The second kappa shape index (κ2) is 8.57. The average Bonchev–Trinajstić information content (AvgIpc) is 2.50. The fourth-order valence-corrected chi connectivity index (χ4v) is 3.26. The van der Waals surface area contributed by atoms with Gasteiger partial charge in [-0.2, -0.15) is 0 Å². The van der Waals surface area contributed by atoms with Crippen molar-refractivity contribution in [3.05, 3.63) is 64.4 Å². The van der Waals surface area contributed by atoms with Gasteiger partial charge in [0.1, 0.15) is 5.82 Å². The van der Waals surface area contributed by atoms with Crippen LogP contribution in [0.5, 0.6) is 0 Å². The molecule has 1 nitrogen and oxygen atoms in total. The summed E-state index contributed by atoms with van der Waals surface area (Å²) in [6.45, 7) is 3.11. The summed E-state index contributed by atoms with van der Waals surface area (Å²) in [6.07, 6.45) is 1.08. The van der Waals surface area contributed by atoms with Gasteiger partial charge in [0.2, 0.25) is 0 Å². The smallest absolute Gasteiger partial charge is 0.123 e. The molecule has 0 aromatic heterocycles. The van der Waals surface area contributed by atoms with E-state index < -0.39 is 0 Å². The van der Waals surface area contributed by atoms with Gasteiger partial charge >= 0.3 is 0 Å². The minimum absolute atomic E-state index is 0.187. The summed E-state index contributed by atoms with van der Waals surface area (Å²) in [5, 5.41) is 3.53. The molecule has 0 saturated heterocycles. The Labute approximate surface area is 138 Å². The quantitative estimate of drug-likeness (QED) is 0.655. The minimum atomic E-state index is -0.187. The van der Waals surface area contributed by atoms with E-state index in [9.17, 15) is 4.39 Å². The largest absolute Gasteiger partial charge is 0.309 e. The summed E-state index contributed by atoms with van der Waals surface area (Å²) in [4.78, 5) is 1.24. The van der Waals surface area contributed by atoms with Crippen molar-refractivity contribution < 1.29 is 4.39 Å². The van der Waals surface area contributed by atoms with Gasteiger partial charge in [-0.1, -0.05) is 35.0 Å². The highest BCUT2D eigenvalue weighted by Crippen LogP contribution is 2.26. The molecule has 1 N–H and O–H groups in total. The van der Waals surface area contributed by atoms with Gasteiger partial charge < -0.3 is 5.32 Å². The molecule has 0 saturated carbocycles. The Morgan fingerprint density at radius 3 is 2.38 bits per heavy atom. The lowest BCUT2D eigenvalue weighted by atomic mass is 10.1. The second-order valence-electron chi connectivity index (χ2n) is 4.82. The van der Waals surface area contributed by atoms with Crippen molar-refractivity contribution in [3.63, 3.8) is 0 Å². The predicted octanol–water partition coefficient (Wildman–Crippen LogP) is 5.42. The number of thioether (sulfide) groups is 1. The predicted molar refractivity (Wildman–Crippen MR) is 92.3 cm³/mol. The van der Waals surface area contributed by atoms with E-state index in [0.29, 0.717) is 0 Å². The fourth-order valence-electron chi connectivity index (χ4n) is 2.00. The van der Waals surface area contributed by atoms with Crippen LogP contribution in [0.2, 0.25) is 0 Å². The van der Waals surface area contributed by atoms with Crippen molar-refractivity contribution in [1.82, 2.24) is 5.32 Å². The molecule has 1 unspecified atom stereocenters. The summed E-state index contributed by atoms with van der Waals surface area (Å²) in [7, 11) is 0. The van der Waals surface area contributed by atoms with Gasteiger partial charge in [0.25, 0.3) is 0 Å². The normalized spacial score (nSPS) is 12.3. The third-order valence-corrected chi connectivity index (χ3v) is 4.78. The van der Waals surface area contributed by atoms with Gasteiger partial charge in [-0.3, -0.25) is 0 Å². The first-order chi connectivity index (χ1) is 10.2. The van der Waals surface area contributed by atoms with E-state index in [1.165, 1.54) is 17.0 Å². The van der Waals surface area contributed by atoms with E-state index in [-0.39, 0.29) is 11.9 Å². The highest BCUT2D eigenvalue weighted by molar-refractivity contribution is 9.10. The van der Waals surface area contributed by atoms with Crippen LogP contribution in [0.3, 0.4) is 0 Å². The van der Waals surface area contributed by atoms with Crippen LogP contribution in [0.1, 0.15) is 24.9 Å². The molecule has 0 bridgehead atoms. The van der Waals surface area contributed by atoms with Crippen LogP contribution in [0.25, 0.3) is 0 Å². The van der Waals surface area contributed by atoms with Crippen molar-refractivity contribution in [1.29, 1.82) is 0 Å². The lowest BCUT2D eigenvalue weighted by molar-refractivity contribution is 0.574. The lowest BCUT2D eigenvalue weighted by Gasteiger charge is -2.18. The molecule has 2 aromatic rings. The van der Waals surface area contributed by atoms with Gasteiger partial charge in [0.15, 0.2) is 0 Å². The van der Waals surface area contributed by atoms with Crippen molar-refractivity contribution in [3.8, 4) is 0 Å². The molecule has 0 aliphatic carbocycles. The number of nitrogens with one attached hydrogen (secondary N) is 1. The third kappa shape index (κ3) is 5.46. The van der Waals surface area contributed by atoms with Gasteiger partial charge in [0.05, 0.1) is 0 Å². The van der Waals surface area contributed by atoms with Gasteiger partial charge in [-0.05, 0) is 54.9 Å². The first-order valence-corrected chi connectivity index (χ1v) is 8.84. The van der Waals surface area contributed by atoms with Crippen LogP contribution < -0.4 is 5.32 Å². The van der Waals surface area contributed by atoms with Gasteiger partial charge in [-0.15, -0.1) is 11.8 Å². The summed E-state index contributed by atoms with van der Waals surface area (Å²) < 4.78 is 14.1. The third-order valence-electron chi connectivity index (χ3n) is 3.14. The Morgan fingerprint density at radius 1 is 1.10 bits per heavy atom. The maximum absolute atomic E-state index is 13.1. The van der Waals surface area contributed by atoms with E-state index >= 15 is 0 Å². The van der Waals surface area contributed by atoms with Crippen molar-refractivity contribution in [2.75, 3.05) is 12.3 Å². The fraction of sp³-hybridized carbons (Fsp3) is 0.294. The highest BCUT2D eigenvalue weighted by atomic mass is 79.9. The zero-order valence-corrected chi connectivity index (χ0v) is 14.4. The van der Waals surface area contributed by atoms with Gasteiger partial charge in [0, 0.05) is 21.2 Å². The zero-order chi connectivity index (χ0) is 15.1. The molecule has 0 aliphatic heterocycles. The van der Waals surface area contributed by atoms with Crippen molar-refractivity contribution in [2.24, 2.45) is 0 Å². The minimum Gasteiger partial charge on any atom is -0.309 e. The van der Waals surface area contributed by atoms with Crippen LogP contribution >= 0.6 is 27.7 Å². The summed E-state index contributed by atoms with van der Waals surface area (Å²) in [5.41, 5.74) is 1.13. The Bertz CT molecular complexity index is 542. The molecular formula is C17H19BrFNS. The molecule has 0 fully saturated rings. The number of halogens is 2. The van der Waals surface area contributed by atoms with Crippen LogP contribution in [0, 0.1) is 5.82 Å². The Kier molecular flexibility index (Phi) is 6.74. The summed E-state index contributed by atoms with van der Waals surface area (Å²) in [6, 6.07) is 15.3. The number of rotatable bonds is 7. The molecule has 21 heavy (non-hydrogen) atoms. The molecule has 0 radical (unpaired) electrons. The first-order valence-electron chi connectivity index (χ1n) is 7.06. The summed E-state index contributed by atoms with van der Waals surface area (Å²) >= 11 is 5.26. The van der Waals surface area contributed by atoms with Crippen LogP contribution in [-0.4, -0.2) is 12.3 Å². The summed E-state index contributed by atoms with van der Waals surface area (Å²) in [5.74, 6) is 0.737. The molecule has 0 aliphatic rings. The molecule has 1 atom stereocenters. The number of hydrogen-bond donors (Lipinski definition) is 1. The Morgan fingerprint density at radius 2 is 1.76 bits per heavy atom. The number of benzene rings is 2. The molecule has 2 rings (SSSR count). The molecule has 2 aromatic carbocycles. The van der Waals surface area contributed by atoms with E-state index in [2.05, 4.69) is 52.4 Å². The van der Waals surface area contributed by atoms with E-state index in [0.717, 1.165) is 28.8 Å². The second-order valence-corrected chi connectivity index (χ2v) is 6.83. The number of hydrogen-bond acceptors (Lipinski definition) is 2. The maximum Gasteiger partial charge on any atom is 0.123 e. The molecule has 112 valence electrons. The SMILES string of the molecule is CCCNC(CSc1ccc(Br)cc1)c1ccc(F)cc1. The Hall–Kier alpha value is -0.840. The van der Waals surface area contributed by atoms with Crippen molar-refractivity contribution in [2.45, 2.75) is 24.3 Å². The molecule has 0 heterocycles. The van der Waals surface area contributed by atoms with E-state index in [1.54, 1.807) is 0 Å². The standard InChI is InChI=1S/C17H19BrFNS/c1-2-11-20-17(13-3-7-15(19)8-4-13)12-21-16-9-5-14(18)6-10-16/h3-10,17,20H,2,11-12H2,1H3. The Balaban J connectivity index is 2.02. The highest BCUT2D eigenvalue weighted by Gasteiger charge is 2.11. The van der Waals surface area contributed by atoms with Crippen LogP contribution in [0.15, 0.2) is 57.9 Å². The monoisotopic (exact) mass is 367 g/mol. The van der Waals surface area contributed by atoms with E-state index in [4.69, 9.17) is 0 Å². The average molecular weight is 368 g/mol. The lowest BCUT2D eigenvalue weighted by Crippen LogP contribution is -2.24. The molecule has 0 amide bonds.